The summed E-state index contributed by atoms with van der Waals surface area (Å²) >= 11 is 3.91. The fourth-order valence-electron chi connectivity index (χ4n) is 4.54. The van der Waals surface area contributed by atoms with Gasteiger partial charge in [-0.05, 0) is 24.5 Å². The van der Waals surface area contributed by atoms with Crippen molar-refractivity contribution >= 4 is 29.5 Å². The molecule has 1 fully saturated rings. The summed E-state index contributed by atoms with van der Waals surface area (Å²) in [6.45, 7) is 3.02. The predicted octanol–water partition coefficient (Wildman–Crippen LogP) is 3.37. The number of rotatable bonds is 0. The Balaban J connectivity index is 1.70. The van der Waals surface area contributed by atoms with Crippen LogP contribution in [0.1, 0.15) is 30.5 Å². The number of benzene rings is 1. The second-order valence-corrected chi connectivity index (χ2v) is 9.67. The third-order valence-corrected chi connectivity index (χ3v) is 8.90. The Labute approximate surface area is 144 Å². The first-order valence-electron chi connectivity index (χ1n) is 8.27. The van der Waals surface area contributed by atoms with Gasteiger partial charge in [-0.2, -0.15) is 0 Å². The van der Waals surface area contributed by atoms with E-state index in [-0.39, 0.29) is 16.2 Å². The van der Waals surface area contributed by atoms with Crippen LogP contribution in [0, 0.1) is 0 Å². The summed E-state index contributed by atoms with van der Waals surface area (Å²) in [5, 5.41) is 0. The van der Waals surface area contributed by atoms with E-state index in [9.17, 15) is 4.79 Å². The van der Waals surface area contributed by atoms with E-state index in [0.29, 0.717) is 6.04 Å². The molecule has 5 heteroatoms. The van der Waals surface area contributed by atoms with Gasteiger partial charge in [0.2, 0.25) is 0 Å². The highest BCUT2D eigenvalue weighted by Crippen LogP contribution is 2.61. The van der Waals surface area contributed by atoms with Crippen molar-refractivity contribution in [1.82, 2.24) is 4.90 Å². The van der Waals surface area contributed by atoms with Gasteiger partial charge in [-0.15, -0.1) is 23.5 Å². The van der Waals surface area contributed by atoms with E-state index in [1.807, 2.05) is 30.4 Å². The second-order valence-electron chi connectivity index (χ2n) is 6.62. The average Bonchev–Trinajstić information content (AvgIpc) is 3.13. The zero-order valence-corrected chi connectivity index (χ0v) is 14.7. The van der Waals surface area contributed by atoms with Crippen molar-refractivity contribution in [2.45, 2.75) is 36.0 Å². The Kier molecular flexibility index (Phi) is 3.08. The lowest BCUT2D eigenvalue weighted by atomic mass is 9.84. The third-order valence-electron chi connectivity index (χ3n) is 5.45. The second kappa shape index (κ2) is 4.96. The van der Waals surface area contributed by atoms with E-state index in [2.05, 4.69) is 29.2 Å². The summed E-state index contributed by atoms with van der Waals surface area (Å²) in [5.41, 5.74) is 5.05. The van der Waals surface area contributed by atoms with Crippen molar-refractivity contribution in [2.24, 2.45) is 0 Å². The Hall–Kier alpha value is -1.07. The molecule has 5 rings (SSSR count). The molecule has 120 valence electrons. The van der Waals surface area contributed by atoms with Crippen molar-refractivity contribution in [3.8, 4) is 0 Å². The maximum Gasteiger partial charge on any atom is 0.338 e. The first kappa shape index (κ1) is 14.3. The maximum absolute atomic E-state index is 12.6. The molecule has 0 radical (unpaired) electrons. The molecular formula is C18H19NO2S2. The van der Waals surface area contributed by atoms with Crippen LogP contribution in [0.4, 0.5) is 0 Å². The fourth-order valence-corrected chi connectivity index (χ4v) is 7.92. The Bertz CT molecular complexity index is 723. The first-order chi connectivity index (χ1) is 11.2. The van der Waals surface area contributed by atoms with Gasteiger partial charge in [0.25, 0.3) is 0 Å². The summed E-state index contributed by atoms with van der Waals surface area (Å²) in [4.78, 5) is 15.0. The van der Waals surface area contributed by atoms with Gasteiger partial charge in [-0.3, -0.25) is 0 Å². The van der Waals surface area contributed by atoms with Gasteiger partial charge in [0, 0.05) is 24.5 Å². The molecule has 3 nitrogen and oxygen atoms in total. The van der Waals surface area contributed by atoms with Crippen molar-refractivity contribution in [2.75, 3.05) is 18.1 Å². The van der Waals surface area contributed by atoms with Crippen molar-refractivity contribution < 1.29 is 9.53 Å². The van der Waals surface area contributed by atoms with Crippen LogP contribution in [0.2, 0.25) is 0 Å². The maximum atomic E-state index is 12.6. The van der Waals surface area contributed by atoms with E-state index >= 15 is 0 Å². The number of carbonyl (C=O) groups excluding carboxylic acids is 1. The van der Waals surface area contributed by atoms with Crippen LogP contribution < -0.4 is 0 Å². The van der Waals surface area contributed by atoms with Gasteiger partial charge in [-0.25, -0.2) is 4.79 Å². The summed E-state index contributed by atoms with van der Waals surface area (Å²) in [6.07, 6.45) is 1.96. The highest BCUT2D eigenvalue weighted by molar-refractivity contribution is 8.21. The molecule has 2 atom stereocenters. The largest absolute Gasteiger partial charge is 0.453 e. The summed E-state index contributed by atoms with van der Waals surface area (Å²) in [6, 6.07) is 9.21. The first-order valence-corrected chi connectivity index (χ1v) is 10.2. The standard InChI is InChI=1S/C18H19NO2S2/c1-11-16-15(17(20)21-11)18(22-8-9-23-18)10-14-13-5-3-2-4-12(13)6-7-19(14)16/h2-5,11,14H,6-10H2,1H3/t11-,14?/m0/s1. The minimum absolute atomic E-state index is 0.0771. The number of cyclic esters (lactones) is 1. The lowest BCUT2D eigenvalue weighted by molar-refractivity contribution is -0.139. The average molecular weight is 345 g/mol. The molecule has 1 aromatic carbocycles. The van der Waals surface area contributed by atoms with Crippen LogP contribution in [-0.2, 0) is 16.0 Å². The fraction of sp³-hybridized carbons (Fsp3) is 0.500. The number of esters is 1. The van der Waals surface area contributed by atoms with Crippen LogP contribution in [0.15, 0.2) is 35.5 Å². The third kappa shape index (κ3) is 1.89. The molecule has 0 N–H and O–H groups in total. The molecular weight excluding hydrogens is 326 g/mol. The molecule has 0 amide bonds. The number of nitrogens with zero attached hydrogens (tertiary/aromatic N) is 1. The van der Waals surface area contributed by atoms with Gasteiger partial charge >= 0.3 is 5.97 Å². The lowest BCUT2D eigenvalue weighted by Crippen LogP contribution is -2.45. The van der Waals surface area contributed by atoms with E-state index < -0.39 is 0 Å². The molecule has 0 saturated carbocycles. The monoisotopic (exact) mass is 345 g/mol. The van der Waals surface area contributed by atoms with E-state index in [1.54, 1.807) is 0 Å². The highest BCUT2D eigenvalue weighted by Gasteiger charge is 2.56. The molecule has 23 heavy (non-hydrogen) atoms. The summed E-state index contributed by atoms with van der Waals surface area (Å²) in [5.74, 6) is 2.17. The van der Waals surface area contributed by atoms with Crippen LogP contribution in [0.3, 0.4) is 0 Å². The Morgan fingerprint density at radius 3 is 2.87 bits per heavy atom. The van der Waals surface area contributed by atoms with E-state index in [1.165, 1.54) is 16.8 Å². The highest BCUT2D eigenvalue weighted by atomic mass is 32.2. The lowest BCUT2D eigenvalue weighted by Gasteiger charge is -2.48. The molecule has 1 aromatic rings. The number of thioether (sulfide) groups is 2. The molecule has 1 saturated heterocycles. The minimum atomic E-state index is -0.107. The number of ether oxygens (including phenoxy) is 1. The summed E-state index contributed by atoms with van der Waals surface area (Å²) < 4.78 is 5.56. The smallest absolute Gasteiger partial charge is 0.338 e. The van der Waals surface area contributed by atoms with Crippen LogP contribution in [0.25, 0.3) is 0 Å². The van der Waals surface area contributed by atoms with Gasteiger partial charge in [0.05, 0.1) is 21.4 Å². The normalized spacial score (nSPS) is 31.0. The number of carbonyl (C=O) groups is 1. The van der Waals surface area contributed by atoms with E-state index in [0.717, 1.165) is 36.5 Å². The van der Waals surface area contributed by atoms with Crippen LogP contribution in [-0.4, -0.2) is 39.1 Å². The zero-order chi connectivity index (χ0) is 15.6. The predicted molar refractivity (Wildman–Crippen MR) is 94.4 cm³/mol. The SMILES string of the molecule is C[C@@H]1OC(=O)C2=C1N1CCc3ccccc3C1CC21SCCS1. The quantitative estimate of drug-likeness (QED) is 0.673. The van der Waals surface area contributed by atoms with Crippen LogP contribution >= 0.6 is 23.5 Å². The summed E-state index contributed by atoms with van der Waals surface area (Å²) in [7, 11) is 0. The van der Waals surface area contributed by atoms with Gasteiger partial charge in [0.15, 0.2) is 0 Å². The molecule has 0 aromatic heterocycles. The van der Waals surface area contributed by atoms with Gasteiger partial charge in [-0.1, -0.05) is 24.3 Å². The van der Waals surface area contributed by atoms with E-state index in [4.69, 9.17) is 4.74 Å². The molecule has 1 unspecified atom stereocenters. The molecule has 0 bridgehead atoms. The number of hydrogen-bond acceptors (Lipinski definition) is 5. The Morgan fingerprint density at radius 2 is 2.04 bits per heavy atom. The zero-order valence-electron chi connectivity index (χ0n) is 13.1. The molecule has 4 aliphatic rings. The Morgan fingerprint density at radius 1 is 1.26 bits per heavy atom. The molecule has 4 heterocycles. The van der Waals surface area contributed by atoms with Gasteiger partial charge < -0.3 is 9.64 Å². The minimum Gasteiger partial charge on any atom is -0.453 e. The van der Waals surface area contributed by atoms with Crippen LogP contribution in [0.5, 0.6) is 0 Å². The molecule has 4 aliphatic heterocycles. The van der Waals surface area contributed by atoms with Crippen molar-refractivity contribution in [3.05, 3.63) is 46.7 Å². The molecule has 0 aliphatic carbocycles. The van der Waals surface area contributed by atoms with Gasteiger partial charge in [0.1, 0.15) is 6.10 Å². The number of fused-ring (bicyclic) bond motifs is 5. The molecule has 1 spiro atoms. The van der Waals surface area contributed by atoms with Crippen molar-refractivity contribution in [1.29, 1.82) is 0 Å². The van der Waals surface area contributed by atoms with Crippen molar-refractivity contribution in [3.63, 3.8) is 0 Å². The topological polar surface area (TPSA) is 29.5 Å². The number of hydrogen-bond donors (Lipinski definition) is 0.